The Morgan fingerprint density at radius 2 is 1.96 bits per heavy atom. The zero-order valence-corrected chi connectivity index (χ0v) is 15.2. The topological polar surface area (TPSA) is 59.4 Å². The molecule has 1 aromatic heterocycles. The Bertz CT molecular complexity index is 830. The second-order valence-electron chi connectivity index (χ2n) is 7.20. The number of anilines is 1. The molecule has 2 fully saturated rings. The third-order valence-corrected chi connectivity index (χ3v) is 5.04. The zero-order chi connectivity index (χ0) is 19.7. The molecule has 2 heterocycles. The largest absolute Gasteiger partial charge is 0.416 e. The molecule has 2 aromatic rings. The Labute approximate surface area is 160 Å². The minimum atomic E-state index is -4.37. The van der Waals surface area contributed by atoms with E-state index in [-0.39, 0.29) is 12.6 Å². The maximum atomic E-state index is 12.7. The zero-order valence-electron chi connectivity index (χ0n) is 15.2. The Hall–Kier alpha value is -2.55. The summed E-state index contributed by atoms with van der Waals surface area (Å²) >= 11 is 0. The van der Waals surface area contributed by atoms with E-state index in [0.29, 0.717) is 30.5 Å². The fraction of sp³-hybridized carbons (Fsp3) is 0.474. The molecule has 0 radical (unpaired) electrons. The van der Waals surface area contributed by atoms with Crippen molar-refractivity contribution in [2.24, 2.45) is 5.92 Å². The van der Waals surface area contributed by atoms with Crippen molar-refractivity contribution in [1.29, 1.82) is 0 Å². The van der Waals surface area contributed by atoms with Crippen LogP contribution < -0.4 is 5.32 Å². The normalized spacial score (nSPS) is 20.2. The van der Waals surface area contributed by atoms with Gasteiger partial charge in [0.15, 0.2) is 0 Å². The highest BCUT2D eigenvalue weighted by atomic mass is 19.4. The van der Waals surface area contributed by atoms with E-state index in [1.54, 1.807) is 21.8 Å². The molecule has 1 aromatic carbocycles. The second-order valence-corrected chi connectivity index (χ2v) is 7.20. The molecular formula is C19H21F3N4O2. The van der Waals surface area contributed by atoms with Crippen LogP contribution in [0.4, 0.5) is 23.8 Å². The molecule has 6 nitrogen and oxygen atoms in total. The average molecular weight is 394 g/mol. The highest BCUT2D eigenvalue weighted by molar-refractivity contribution is 5.88. The van der Waals surface area contributed by atoms with Crippen molar-refractivity contribution in [2.75, 3.05) is 25.0 Å². The summed E-state index contributed by atoms with van der Waals surface area (Å²) in [5.41, 5.74) is -0.0881. The molecule has 0 spiro atoms. The maximum Gasteiger partial charge on any atom is 0.416 e. The number of morpholine rings is 1. The smallest absolute Gasteiger partial charge is 0.370 e. The van der Waals surface area contributed by atoms with Crippen molar-refractivity contribution in [3.8, 4) is 0 Å². The van der Waals surface area contributed by atoms with Gasteiger partial charge in [-0.15, -0.1) is 0 Å². The number of urea groups is 1. The van der Waals surface area contributed by atoms with E-state index in [1.165, 1.54) is 25.0 Å². The highest BCUT2D eigenvalue weighted by Crippen LogP contribution is 2.32. The Balaban J connectivity index is 1.39. The molecule has 1 unspecified atom stereocenters. The lowest BCUT2D eigenvalue weighted by molar-refractivity contribution is -0.137. The van der Waals surface area contributed by atoms with Gasteiger partial charge in [0.2, 0.25) is 0 Å². The number of nitrogens with zero attached hydrogens (tertiary/aromatic N) is 3. The SMILES string of the molecule is O=C(Nc1ccnn1CC1CC1)N1CCOC(c2ccc(C(F)(F)F)cc2)C1. The first-order chi connectivity index (χ1) is 13.4. The maximum absolute atomic E-state index is 12.7. The number of rotatable bonds is 4. The van der Waals surface area contributed by atoms with Crippen LogP contribution >= 0.6 is 0 Å². The van der Waals surface area contributed by atoms with Crippen molar-refractivity contribution in [1.82, 2.24) is 14.7 Å². The molecule has 2 aliphatic rings. The number of carbonyl (C=O) groups excluding carboxylic acids is 1. The number of amides is 2. The second kappa shape index (κ2) is 7.46. The van der Waals surface area contributed by atoms with Crippen LogP contribution in [0.5, 0.6) is 0 Å². The predicted octanol–water partition coefficient (Wildman–Crippen LogP) is 3.92. The van der Waals surface area contributed by atoms with Gasteiger partial charge in [0.25, 0.3) is 0 Å². The summed E-state index contributed by atoms with van der Waals surface area (Å²) in [6.07, 6.45) is -0.807. The van der Waals surface area contributed by atoms with Gasteiger partial charge in [-0.05, 0) is 36.5 Å². The first-order valence-electron chi connectivity index (χ1n) is 9.26. The van der Waals surface area contributed by atoms with Crippen LogP contribution in [-0.2, 0) is 17.5 Å². The molecule has 9 heteroatoms. The number of hydrogen-bond acceptors (Lipinski definition) is 3. The van der Waals surface area contributed by atoms with Crippen molar-refractivity contribution < 1.29 is 22.7 Å². The van der Waals surface area contributed by atoms with Crippen molar-refractivity contribution in [3.05, 3.63) is 47.7 Å². The standard InChI is InChI=1S/C19H21F3N4O2/c20-19(21,22)15-5-3-14(4-6-15)16-12-25(9-10-28-16)18(27)24-17-7-8-23-26(17)11-13-1-2-13/h3-8,13,16H,1-2,9-12H2,(H,24,27). The summed E-state index contributed by atoms with van der Waals surface area (Å²) in [5.74, 6) is 1.28. The van der Waals surface area contributed by atoms with E-state index < -0.39 is 17.8 Å². The Morgan fingerprint density at radius 1 is 1.21 bits per heavy atom. The minimum absolute atomic E-state index is 0.266. The van der Waals surface area contributed by atoms with Gasteiger partial charge in [-0.2, -0.15) is 18.3 Å². The summed E-state index contributed by atoms with van der Waals surface area (Å²) in [7, 11) is 0. The third kappa shape index (κ3) is 4.30. The van der Waals surface area contributed by atoms with Crippen LogP contribution in [0.2, 0.25) is 0 Å². The molecule has 4 rings (SSSR count). The van der Waals surface area contributed by atoms with Gasteiger partial charge >= 0.3 is 12.2 Å². The minimum Gasteiger partial charge on any atom is -0.370 e. The molecule has 2 amide bonds. The average Bonchev–Trinajstić information content (AvgIpc) is 3.40. The van der Waals surface area contributed by atoms with E-state index in [2.05, 4.69) is 10.4 Å². The summed E-state index contributed by atoms with van der Waals surface area (Å²) in [4.78, 5) is 14.3. The molecule has 150 valence electrons. The molecule has 1 atom stereocenters. The van der Waals surface area contributed by atoms with Crippen LogP contribution in [-0.4, -0.2) is 40.4 Å². The van der Waals surface area contributed by atoms with Crippen LogP contribution in [0, 0.1) is 5.92 Å². The fourth-order valence-electron chi connectivity index (χ4n) is 3.24. The fourth-order valence-corrected chi connectivity index (χ4v) is 3.24. The van der Waals surface area contributed by atoms with Crippen LogP contribution in [0.25, 0.3) is 0 Å². The number of nitrogens with one attached hydrogen (secondary N) is 1. The van der Waals surface area contributed by atoms with Crippen molar-refractivity contribution in [2.45, 2.75) is 31.7 Å². The lowest BCUT2D eigenvalue weighted by atomic mass is 10.1. The van der Waals surface area contributed by atoms with Crippen LogP contribution in [0.3, 0.4) is 0 Å². The lowest BCUT2D eigenvalue weighted by Gasteiger charge is -2.33. The van der Waals surface area contributed by atoms with Crippen LogP contribution in [0.1, 0.15) is 30.1 Å². The number of alkyl halides is 3. The van der Waals surface area contributed by atoms with Crippen molar-refractivity contribution in [3.63, 3.8) is 0 Å². The molecule has 1 aliphatic carbocycles. The number of carbonyl (C=O) groups is 1. The molecule has 28 heavy (non-hydrogen) atoms. The Kier molecular flexibility index (Phi) is 5.01. The summed E-state index contributed by atoms with van der Waals surface area (Å²) in [5, 5.41) is 7.13. The van der Waals surface area contributed by atoms with Gasteiger partial charge in [0.05, 0.1) is 24.9 Å². The summed E-state index contributed by atoms with van der Waals surface area (Å²) < 4.78 is 45.6. The summed E-state index contributed by atoms with van der Waals surface area (Å²) in [6, 6.07) is 6.37. The lowest BCUT2D eigenvalue weighted by Crippen LogP contribution is -2.44. The van der Waals surface area contributed by atoms with Gasteiger partial charge in [0, 0.05) is 19.2 Å². The quantitative estimate of drug-likeness (QED) is 0.855. The van der Waals surface area contributed by atoms with Crippen molar-refractivity contribution >= 4 is 11.8 Å². The molecule has 0 bridgehead atoms. The number of aromatic nitrogens is 2. The van der Waals surface area contributed by atoms with Gasteiger partial charge < -0.3 is 9.64 Å². The first kappa shape index (κ1) is 18.8. The number of benzene rings is 1. The first-order valence-corrected chi connectivity index (χ1v) is 9.26. The highest BCUT2D eigenvalue weighted by Gasteiger charge is 2.31. The van der Waals surface area contributed by atoms with E-state index in [4.69, 9.17) is 4.74 Å². The number of halogens is 3. The number of ether oxygens (including phenoxy) is 1. The summed E-state index contributed by atoms with van der Waals surface area (Å²) in [6.45, 7) is 1.80. The molecule has 1 N–H and O–H groups in total. The van der Waals surface area contributed by atoms with E-state index >= 15 is 0 Å². The number of hydrogen-bond donors (Lipinski definition) is 1. The van der Waals surface area contributed by atoms with Gasteiger partial charge in [-0.25, -0.2) is 9.48 Å². The van der Waals surface area contributed by atoms with E-state index in [9.17, 15) is 18.0 Å². The van der Waals surface area contributed by atoms with Gasteiger partial charge in [-0.1, -0.05) is 12.1 Å². The molecular weight excluding hydrogens is 373 g/mol. The molecule has 1 aliphatic heterocycles. The Morgan fingerprint density at radius 3 is 2.64 bits per heavy atom. The van der Waals surface area contributed by atoms with Crippen LogP contribution in [0.15, 0.2) is 36.5 Å². The third-order valence-electron chi connectivity index (χ3n) is 5.04. The molecule has 1 saturated heterocycles. The van der Waals surface area contributed by atoms with E-state index in [0.717, 1.165) is 18.7 Å². The van der Waals surface area contributed by atoms with Gasteiger partial charge in [0.1, 0.15) is 11.9 Å². The monoisotopic (exact) mass is 394 g/mol. The van der Waals surface area contributed by atoms with Gasteiger partial charge in [-0.3, -0.25) is 5.32 Å². The van der Waals surface area contributed by atoms with E-state index in [1.807, 2.05) is 0 Å². The predicted molar refractivity (Wildman–Crippen MR) is 95.7 cm³/mol. The molecule has 1 saturated carbocycles.